The van der Waals surface area contributed by atoms with E-state index in [4.69, 9.17) is 14.2 Å². The number of carbonyl (C=O) groups excluding carboxylic acids is 1. The molecule has 0 radical (unpaired) electrons. The van der Waals surface area contributed by atoms with Crippen LogP contribution in [0.15, 0.2) is 48.9 Å². The maximum atomic E-state index is 11.9. The third-order valence-corrected chi connectivity index (χ3v) is 2.93. The molecule has 0 unspecified atom stereocenters. The number of benzene rings is 1. The topological polar surface area (TPSA) is 57.7 Å². The van der Waals surface area contributed by atoms with E-state index in [9.17, 15) is 4.79 Å². The standard InChI is InChI=1S/C17H17NO4/c1-12-8-9-13(10-18-12)22-16-7-5-4-6-14(16)15(11-20-2)17(19)21-3/h4-11H,1-3H3. The first-order chi connectivity index (χ1) is 10.7. The first-order valence-corrected chi connectivity index (χ1v) is 6.67. The molecule has 0 aliphatic rings. The predicted octanol–water partition coefficient (Wildman–Crippen LogP) is 3.34. The lowest BCUT2D eigenvalue weighted by atomic mass is 10.1. The lowest BCUT2D eigenvalue weighted by molar-refractivity contribution is -0.133. The monoisotopic (exact) mass is 299 g/mol. The molecule has 0 N–H and O–H groups in total. The van der Waals surface area contributed by atoms with Crippen molar-refractivity contribution in [1.82, 2.24) is 4.98 Å². The second-order valence-electron chi connectivity index (χ2n) is 4.49. The molecule has 22 heavy (non-hydrogen) atoms. The fourth-order valence-electron chi connectivity index (χ4n) is 1.87. The summed E-state index contributed by atoms with van der Waals surface area (Å²) in [5, 5.41) is 0. The van der Waals surface area contributed by atoms with E-state index in [1.54, 1.807) is 18.3 Å². The Morgan fingerprint density at radius 1 is 1.14 bits per heavy atom. The summed E-state index contributed by atoms with van der Waals surface area (Å²) < 4.78 is 15.6. The van der Waals surface area contributed by atoms with Crippen molar-refractivity contribution < 1.29 is 19.0 Å². The number of nitrogens with zero attached hydrogens (tertiary/aromatic N) is 1. The fourth-order valence-corrected chi connectivity index (χ4v) is 1.87. The normalized spacial score (nSPS) is 11.0. The van der Waals surface area contributed by atoms with E-state index >= 15 is 0 Å². The molecule has 0 fully saturated rings. The van der Waals surface area contributed by atoms with Crippen LogP contribution < -0.4 is 4.74 Å². The molecule has 1 aromatic heterocycles. The molecule has 1 heterocycles. The SMILES string of the molecule is COC=C(C(=O)OC)c1ccccc1Oc1ccc(C)nc1. The van der Waals surface area contributed by atoms with Crippen molar-refractivity contribution in [3.05, 3.63) is 60.1 Å². The van der Waals surface area contributed by atoms with Crippen LogP contribution in [0.2, 0.25) is 0 Å². The Morgan fingerprint density at radius 3 is 2.55 bits per heavy atom. The molecule has 1 aromatic carbocycles. The molecule has 0 saturated carbocycles. The molecule has 0 amide bonds. The van der Waals surface area contributed by atoms with E-state index in [0.717, 1.165) is 5.69 Å². The molecule has 0 aliphatic carbocycles. The molecule has 2 aromatic rings. The van der Waals surface area contributed by atoms with Crippen molar-refractivity contribution in [1.29, 1.82) is 0 Å². The number of hydrogen-bond acceptors (Lipinski definition) is 5. The van der Waals surface area contributed by atoms with Crippen LogP contribution in [0.4, 0.5) is 0 Å². The van der Waals surface area contributed by atoms with Gasteiger partial charge in [-0.25, -0.2) is 4.79 Å². The number of aromatic nitrogens is 1. The van der Waals surface area contributed by atoms with Crippen molar-refractivity contribution >= 4 is 11.5 Å². The van der Waals surface area contributed by atoms with Crippen molar-refractivity contribution in [2.45, 2.75) is 6.92 Å². The van der Waals surface area contributed by atoms with Gasteiger partial charge in [0.15, 0.2) is 0 Å². The summed E-state index contributed by atoms with van der Waals surface area (Å²) in [6.07, 6.45) is 2.96. The van der Waals surface area contributed by atoms with Crippen molar-refractivity contribution in [2.24, 2.45) is 0 Å². The van der Waals surface area contributed by atoms with Gasteiger partial charge in [0, 0.05) is 11.3 Å². The Morgan fingerprint density at radius 2 is 1.91 bits per heavy atom. The van der Waals surface area contributed by atoms with E-state index in [1.165, 1.54) is 20.5 Å². The molecule has 114 valence electrons. The van der Waals surface area contributed by atoms with Crippen LogP contribution in [0, 0.1) is 6.92 Å². The zero-order valence-electron chi connectivity index (χ0n) is 12.7. The highest BCUT2D eigenvalue weighted by atomic mass is 16.5. The highest BCUT2D eigenvalue weighted by Gasteiger charge is 2.17. The van der Waals surface area contributed by atoms with E-state index in [0.29, 0.717) is 17.1 Å². The highest BCUT2D eigenvalue weighted by molar-refractivity contribution is 6.17. The number of esters is 1. The largest absolute Gasteiger partial charge is 0.503 e. The molecule has 0 aliphatic heterocycles. The fraction of sp³-hybridized carbons (Fsp3) is 0.176. The molecule has 0 atom stereocenters. The van der Waals surface area contributed by atoms with E-state index in [2.05, 4.69) is 4.98 Å². The van der Waals surface area contributed by atoms with Crippen LogP contribution in [-0.2, 0) is 14.3 Å². The third kappa shape index (κ3) is 3.63. The van der Waals surface area contributed by atoms with Crippen LogP contribution >= 0.6 is 0 Å². The van der Waals surface area contributed by atoms with Gasteiger partial charge in [0.1, 0.15) is 17.1 Å². The van der Waals surface area contributed by atoms with Gasteiger partial charge in [-0.15, -0.1) is 0 Å². The molecule has 5 nitrogen and oxygen atoms in total. The summed E-state index contributed by atoms with van der Waals surface area (Å²) in [7, 11) is 2.79. The van der Waals surface area contributed by atoms with Gasteiger partial charge >= 0.3 is 5.97 Å². The first kappa shape index (κ1) is 15.6. The van der Waals surface area contributed by atoms with Crippen molar-refractivity contribution in [2.75, 3.05) is 14.2 Å². The molecular weight excluding hydrogens is 282 g/mol. The Bertz CT molecular complexity index is 677. The Kier molecular flexibility index (Phi) is 5.14. The zero-order chi connectivity index (χ0) is 15.9. The average Bonchev–Trinajstić information content (AvgIpc) is 2.55. The number of ether oxygens (including phenoxy) is 3. The Hall–Kier alpha value is -2.82. The second kappa shape index (κ2) is 7.26. The van der Waals surface area contributed by atoms with Gasteiger partial charge in [0.2, 0.25) is 0 Å². The van der Waals surface area contributed by atoms with Crippen LogP contribution in [-0.4, -0.2) is 25.2 Å². The number of aryl methyl sites for hydroxylation is 1. The van der Waals surface area contributed by atoms with Crippen LogP contribution in [0.5, 0.6) is 11.5 Å². The summed E-state index contributed by atoms with van der Waals surface area (Å²) in [5.41, 5.74) is 1.76. The quantitative estimate of drug-likeness (QED) is 0.481. The van der Waals surface area contributed by atoms with Crippen molar-refractivity contribution in [3.8, 4) is 11.5 Å². The highest BCUT2D eigenvalue weighted by Crippen LogP contribution is 2.30. The van der Waals surface area contributed by atoms with Gasteiger partial charge in [0.05, 0.1) is 26.7 Å². The number of carbonyl (C=O) groups is 1. The van der Waals surface area contributed by atoms with Gasteiger partial charge in [0.25, 0.3) is 0 Å². The molecular formula is C17H17NO4. The maximum absolute atomic E-state index is 11.9. The maximum Gasteiger partial charge on any atom is 0.341 e. The molecule has 0 saturated heterocycles. The molecule has 5 heteroatoms. The summed E-state index contributed by atoms with van der Waals surface area (Å²) in [6.45, 7) is 1.90. The smallest absolute Gasteiger partial charge is 0.341 e. The minimum absolute atomic E-state index is 0.278. The van der Waals surface area contributed by atoms with Gasteiger partial charge in [-0.2, -0.15) is 0 Å². The van der Waals surface area contributed by atoms with Gasteiger partial charge in [-0.05, 0) is 25.1 Å². The number of pyridine rings is 1. The van der Waals surface area contributed by atoms with Gasteiger partial charge in [-0.3, -0.25) is 4.98 Å². The number of hydrogen-bond donors (Lipinski definition) is 0. The Balaban J connectivity index is 2.39. The summed E-state index contributed by atoms with van der Waals surface area (Å²) in [5.74, 6) is 0.599. The van der Waals surface area contributed by atoms with Gasteiger partial charge in [-0.1, -0.05) is 18.2 Å². The number of methoxy groups -OCH3 is 2. The van der Waals surface area contributed by atoms with Crippen molar-refractivity contribution in [3.63, 3.8) is 0 Å². The van der Waals surface area contributed by atoms with E-state index < -0.39 is 5.97 Å². The minimum atomic E-state index is -0.500. The summed E-state index contributed by atoms with van der Waals surface area (Å²) >= 11 is 0. The van der Waals surface area contributed by atoms with Crippen LogP contribution in [0.1, 0.15) is 11.3 Å². The number of para-hydroxylation sites is 1. The van der Waals surface area contributed by atoms with Gasteiger partial charge < -0.3 is 14.2 Å². The second-order valence-corrected chi connectivity index (χ2v) is 4.49. The van der Waals surface area contributed by atoms with E-state index in [-0.39, 0.29) is 5.57 Å². The molecule has 0 spiro atoms. The first-order valence-electron chi connectivity index (χ1n) is 6.67. The minimum Gasteiger partial charge on any atom is -0.503 e. The Labute approximate surface area is 129 Å². The van der Waals surface area contributed by atoms with Crippen LogP contribution in [0.25, 0.3) is 5.57 Å². The zero-order valence-corrected chi connectivity index (χ0v) is 12.7. The van der Waals surface area contributed by atoms with Crippen LogP contribution in [0.3, 0.4) is 0 Å². The lowest BCUT2D eigenvalue weighted by Crippen LogP contribution is -2.05. The predicted molar refractivity (Wildman–Crippen MR) is 82.5 cm³/mol. The molecule has 0 bridgehead atoms. The summed E-state index contributed by atoms with van der Waals surface area (Å²) in [6, 6.07) is 10.8. The summed E-state index contributed by atoms with van der Waals surface area (Å²) in [4.78, 5) is 16.1. The lowest BCUT2D eigenvalue weighted by Gasteiger charge is -2.12. The average molecular weight is 299 g/mol. The third-order valence-electron chi connectivity index (χ3n) is 2.93. The van der Waals surface area contributed by atoms with E-state index in [1.807, 2.05) is 31.2 Å². The number of rotatable bonds is 5. The molecule has 2 rings (SSSR count).